The van der Waals surface area contributed by atoms with Crippen LogP contribution in [0.4, 0.5) is 4.39 Å². The average molecular weight is 348 g/mol. The fraction of sp³-hybridized carbons (Fsp3) is 0.304. The summed E-state index contributed by atoms with van der Waals surface area (Å²) >= 11 is 0. The van der Waals surface area contributed by atoms with Gasteiger partial charge < -0.3 is 9.88 Å². The Morgan fingerprint density at radius 1 is 1.00 bits per heavy atom. The third kappa shape index (κ3) is 3.88. The van der Waals surface area contributed by atoms with Gasteiger partial charge in [-0.05, 0) is 60.1 Å². The minimum absolute atomic E-state index is 0.169. The van der Waals surface area contributed by atoms with Gasteiger partial charge in [-0.2, -0.15) is 0 Å². The van der Waals surface area contributed by atoms with Gasteiger partial charge in [0, 0.05) is 30.8 Å². The zero-order valence-corrected chi connectivity index (χ0v) is 15.0. The van der Waals surface area contributed by atoms with E-state index in [-0.39, 0.29) is 5.82 Å². The highest BCUT2D eigenvalue weighted by atomic mass is 19.1. The van der Waals surface area contributed by atoms with Gasteiger partial charge in [-0.3, -0.25) is 0 Å². The summed E-state index contributed by atoms with van der Waals surface area (Å²) in [6.07, 6.45) is 9.03. The molecule has 0 radical (unpaired) electrons. The van der Waals surface area contributed by atoms with Crippen LogP contribution in [-0.2, 0) is 6.54 Å². The van der Waals surface area contributed by atoms with Gasteiger partial charge in [0.15, 0.2) is 0 Å². The molecule has 2 aromatic carbocycles. The van der Waals surface area contributed by atoms with Crippen molar-refractivity contribution in [1.82, 2.24) is 9.88 Å². The number of fused-ring (bicyclic) bond motifs is 1. The Hall–Kier alpha value is -2.39. The lowest BCUT2D eigenvalue weighted by molar-refractivity contribution is 0.466. The first-order chi connectivity index (χ1) is 12.8. The van der Waals surface area contributed by atoms with Crippen molar-refractivity contribution in [3.05, 3.63) is 78.3 Å². The number of nitrogens with zero attached hydrogens (tertiary/aromatic N) is 1. The Balaban J connectivity index is 1.27. The van der Waals surface area contributed by atoms with Gasteiger partial charge in [0.1, 0.15) is 5.82 Å². The van der Waals surface area contributed by atoms with E-state index in [1.54, 1.807) is 12.1 Å². The lowest BCUT2D eigenvalue weighted by Crippen LogP contribution is -2.32. The second-order valence-electron chi connectivity index (χ2n) is 7.11. The van der Waals surface area contributed by atoms with Gasteiger partial charge in [-0.1, -0.05) is 42.8 Å². The van der Waals surface area contributed by atoms with Crippen LogP contribution in [0.25, 0.3) is 16.5 Å². The molecule has 1 aromatic heterocycles. The Bertz CT molecular complexity index is 892. The van der Waals surface area contributed by atoms with Gasteiger partial charge >= 0.3 is 0 Å². The van der Waals surface area contributed by atoms with Crippen molar-refractivity contribution >= 4 is 16.5 Å². The highest BCUT2D eigenvalue weighted by molar-refractivity contribution is 5.79. The third-order valence-corrected chi connectivity index (χ3v) is 5.32. The maximum absolute atomic E-state index is 13.1. The zero-order valence-electron chi connectivity index (χ0n) is 15.0. The van der Waals surface area contributed by atoms with Gasteiger partial charge in [-0.15, -0.1) is 0 Å². The van der Waals surface area contributed by atoms with Crippen LogP contribution in [0.5, 0.6) is 0 Å². The Labute approximate surface area is 154 Å². The predicted molar refractivity (Wildman–Crippen MR) is 107 cm³/mol. The van der Waals surface area contributed by atoms with E-state index in [4.69, 9.17) is 0 Å². The lowest BCUT2D eigenvalue weighted by atomic mass is 9.93. The van der Waals surface area contributed by atoms with Gasteiger partial charge in [0.05, 0.1) is 0 Å². The summed E-state index contributed by atoms with van der Waals surface area (Å²) < 4.78 is 15.5. The van der Waals surface area contributed by atoms with Crippen LogP contribution in [0, 0.1) is 5.82 Å². The molecule has 3 aromatic rings. The van der Waals surface area contributed by atoms with E-state index in [9.17, 15) is 4.39 Å². The van der Waals surface area contributed by atoms with Crippen molar-refractivity contribution in [2.45, 2.75) is 38.3 Å². The predicted octanol–water partition coefficient (Wildman–Crippen LogP) is 5.40. The molecular weight excluding hydrogens is 323 g/mol. The van der Waals surface area contributed by atoms with Crippen LogP contribution in [-0.4, -0.2) is 17.2 Å². The number of unbranched alkanes of at least 4 members (excludes halogenated alkanes) is 1. The average Bonchev–Trinajstić information content (AvgIpc) is 3.09. The summed E-state index contributed by atoms with van der Waals surface area (Å²) in [5.74, 6) is -0.169. The second-order valence-corrected chi connectivity index (χ2v) is 7.11. The van der Waals surface area contributed by atoms with Crippen LogP contribution in [0.3, 0.4) is 0 Å². The van der Waals surface area contributed by atoms with Gasteiger partial charge in [-0.25, -0.2) is 4.39 Å². The van der Waals surface area contributed by atoms with Crippen molar-refractivity contribution in [3.8, 4) is 0 Å². The van der Waals surface area contributed by atoms with E-state index in [2.05, 4.69) is 52.5 Å². The summed E-state index contributed by atoms with van der Waals surface area (Å²) in [4.78, 5) is 0. The van der Waals surface area contributed by atoms with Crippen LogP contribution >= 0.6 is 0 Å². The molecule has 0 bridgehead atoms. The van der Waals surface area contributed by atoms with Crippen LogP contribution < -0.4 is 5.32 Å². The fourth-order valence-corrected chi connectivity index (χ4v) is 3.88. The van der Waals surface area contributed by atoms with Crippen molar-refractivity contribution in [3.63, 3.8) is 0 Å². The van der Waals surface area contributed by atoms with E-state index in [1.807, 2.05) is 12.1 Å². The number of halogens is 1. The molecule has 26 heavy (non-hydrogen) atoms. The Morgan fingerprint density at radius 3 is 2.73 bits per heavy atom. The Kier molecular flexibility index (Phi) is 5.16. The molecule has 0 spiro atoms. The lowest BCUT2D eigenvalue weighted by Gasteiger charge is -2.24. The first kappa shape index (κ1) is 17.0. The molecule has 0 saturated heterocycles. The van der Waals surface area contributed by atoms with Crippen molar-refractivity contribution in [2.24, 2.45) is 0 Å². The molecule has 2 nitrogen and oxygen atoms in total. The Morgan fingerprint density at radius 2 is 1.85 bits per heavy atom. The quantitative estimate of drug-likeness (QED) is 0.591. The van der Waals surface area contributed by atoms with E-state index < -0.39 is 0 Å². The first-order valence-corrected chi connectivity index (χ1v) is 9.52. The first-order valence-electron chi connectivity index (χ1n) is 9.52. The SMILES string of the molecule is Fc1ccc(C2=CCNC(CCCCn3ccc4ccccc43)C2)cc1. The highest BCUT2D eigenvalue weighted by Gasteiger charge is 2.15. The van der Waals surface area contributed by atoms with Crippen molar-refractivity contribution in [1.29, 1.82) is 0 Å². The maximum Gasteiger partial charge on any atom is 0.123 e. The smallest absolute Gasteiger partial charge is 0.123 e. The summed E-state index contributed by atoms with van der Waals surface area (Å²) in [5, 5.41) is 4.91. The summed E-state index contributed by atoms with van der Waals surface area (Å²) in [5.41, 5.74) is 3.81. The zero-order chi connectivity index (χ0) is 17.8. The topological polar surface area (TPSA) is 17.0 Å². The second kappa shape index (κ2) is 7.88. The van der Waals surface area contributed by atoms with Gasteiger partial charge in [0.25, 0.3) is 0 Å². The monoisotopic (exact) mass is 348 g/mol. The van der Waals surface area contributed by atoms with Crippen LogP contribution in [0.15, 0.2) is 66.9 Å². The molecule has 0 aliphatic carbocycles. The standard InChI is InChI=1S/C23H25FN2/c24-21-10-8-18(9-11-21)20-12-14-25-22(17-20)6-3-4-15-26-16-13-19-5-1-2-7-23(19)26/h1-2,5,7-13,16,22,25H,3-4,6,14-15,17H2. The number of para-hydroxylation sites is 1. The van der Waals surface area contributed by atoms with Crippen molar-refractivity contribution in [2.75, 3.05) is 6.54 Å². The number of rotatable bonds is 6. The van der Waals surface area contributed by atoms with Crippen LogP contribution in [0.1, 0.15) is 31.2 Å². The number of aromatic nitrogens is 1. The van der Waals surface area contributed by atoms with E-state index in [0.717, 1.165) is 25.1 Å². The summed E-state index contributed by atoms with van der Waals surface area (Å²) in [6.45, 7) is 1.97. The van der Waals surface area contributed by atoms with E-state index in [0.29, 0.717) is 6.04 Å². The van der Waals surface area contributed by atoms with E-state index >= 15 is 0 Å². The third-order valence-electron chi connectivity index (χ3n) is 5.32. The summed E-state index contributed by atoms with van der Waals surface area (Å²) in [6, 6.07) is 18.1. The van der Waals surface area contributed by atoms with E-state index in [1.165, 1.54) is 35.7 Å². The fourth-order valence-electron chi connectivity index (χ4n) is 3.88. The van der Waals surface area contributed by atoms with Gasteiger partial charge in [0.2, 0.25) is 0 Å². The summed E-state index contributed by atoms with van der Waals surface area (Å²) in [7, 11) is 0. The highest BCUT2D eigenvalue weighted by Crippen LogP contribution is 2.25. The molecule has 3 heteroatoms. The number of nitrogens with one attached hydrogen (secondary N) is 1. The number of benzene rings is 2. The van der Waals surface area contributed by atoms with Crippen molar-refractivity contribution < 1.29 is 4.39 Å². The number of hydrogen-bond donors (Lipinski definition) is 1. The minimum atomic E-state index is -0.169. The number of hydrogen-bond acceptors (Lipinski definition) is 1. The molecule has 0 saturated carbocycles. The largest absolute Gasteiger partial charge is 0.347 e. The molecule has 1 unspecified atom stereocenters. The molecule has 1 aliphatic heterocycles. The molecule has 1 N–H and O–H groups in total. The molecular formula is C23H25FN2. The molecule has 2 heterocycles. The molecule has 1 aliphatic rings. The van der Waals surface area contributed by atoms with Crippen LogP contribution in [0.2, 0.25) is 0 Å². The molecule has 0 fully saturated rings. The normalized spacial score (nSPS) is 17.4. The molecule has 1 atom stereocenters. The number of aryl methyl sites for hydroxylation is 1. The molecule has 0 amide bonds. The minimum Gasteiger partial charge on any atom is -0.347 e. The molecule has 134 valence electrons. The molecule has 4 rings (SSSR count). The maximum atomic E-state index is 13.1.